The lowest BCUT2D eigenvalue weighted by Gasteiger charge is -2.32. The molecule has 0 fully saturated rings. The molecule has 2 aliphatic carbocycles. The van der Waals surface area contributed by atoms with Crippen LogP contribution in [0.2, 0.25) is 0 Å². The van der Waals surface area contributed by atoms with Crippen LogP contribution in [0, 0.1) is 25.2 Å². The molecule has 0 bridgehead atoms. The molecular weight excluding hydrogens is 268 g/mol. The van der Waals surface area contributed by atoms with Crippen LogP contribution in [0.15, 0.2) is 60.2 Å². The van der Waals surface area contributed by atoms with Crippen molar-refractivity contribution >= 4 is 0 Å². The van der Waals surface area contributed by atoms with Gasteiger partial charge in [-0.15, -0.1) is 6.42 Å². The van der Waals surface area contributed by atoms with Crippen LogP contribution in [0.5, 0.6) is 0 Å². The van der Waals surface area contributed by atoms with Crippen molar-refractivity contribution in [3.05, 3.63) is 84.1 Å². The molecule has 1 heteroatoms. The Labute approximate surface area is 131 Å². The molecule has 0 spiro atoms. The highest BCUT2D eigenvalue weighted by atomic mass is 16.3. The summed E-state index contributed by atoms with van der Waals surface area (Å²) in [6.45, 7) is 0. The SMILES string of the molecule is C#CC(O)(C1=C[CH][CH]C1)C1c2ccccc2-c2ccccc21. The molecule has 2 aromatic rings. The summed E-state index contributed by atoms with van der Waals surface area (Å²) in [5.41, 5.74) is 4.17. The molecule has 0 aliphatic heterocycles. The summed E-state index contributed by atoms with van der Waals surface area (Å²) < 4.78 is 0. The fraction of sp³-hybridized carbons (Fsp3) is 0.143. The first-order valence-corrected chi connectivity index (χ1v) is 7.50. The lowest BCUT2D eigenvalue weighted by molar-refractivity contribution is 0.121. The van der Waals surface area contributed by atoms with Gasteiger partial charge >= 0.3 is 0 Å². The molecule has 4 rings (SSSR count). The molecular formula is C21H16O. The molecule has 2 aliphatic rings. The van der Waals surface area contributed by atoms with Gasteiger partial charge in [0.1, 0.15) is 0 Å². The van der Waals surface area contributed by atoms with Crippen molar-refractivity contribution in [3.63, 3.8) is 0 Å². The van der Waals surface area contributed by atoms with Crippen molar-refractivity contribution < 1.29 is 5.11 Å². The Bertz CT molecular complexity index is 763. The molecule has 2 radical (unpaired) electrons. The number of hydrogen-bond donors (Lipinski definition) is 1. The van der Waals surface area contributed by atoms with Gasteiger partial charge in [-0.3, -0.25) is 0 Å². The van der Waals surface area contributed by atoms with Crippen LogP contribution >= 0.6 is 0 Å². The second kappa shape index (κ2) is 4.87. The van der Waals surface area contributed by atoms with Crippen LogP contribution in [-0.4, -0.2) is 10.7 Å². The second-order valence-electron chi connectivity index (χ2n) is 5.84. The van der Waals surface area contributed by atoms with E-state index < -0.39 is 5.60 Å². The number of benzene rings is 2. The molecule has 0 aromatic heterocycles. The van der Waals surface area contributed by atoms with Gasteiger partial charge < -0.3 is 5.11 Å². The number of hydrogen-bond acceptors (Lipinski definition) is 1. The van der Waals surface area contributed by atoms with Gasteiger partial charge in [0.2, 0.25) is 0 Å². The Morgan fingerprint density at radius 3 is 2.09 bits per heavy atom. The number of rotatable bonds is 2. The molecule has 0 saturated heterocycles. The van der Waals surface area contributed by atoms with Gasteiger partial charge in [0.05, 0.1) is 5.92 Å². The van der Waals surface area contributed by atoms with E-state index in [1.54, 1.807) is 0 Å². The molecule has 2 aromatic carbocycles. The molecule has 1 N–H and O–H groups in total. The minimum absolute atomic E-state index is 0.212. The second-order valence-corrected chi connectivity index (χ2v) is 5.84. The van der Waals surface area contributed by atoms with E-state index in [9.17, 15) is 5.11 Å². The van der Waals surface area contributed by atoms with Crippen LogP contribution in [0.4, 0.5) is 0 Å². The first-order chi connectivity index (χ1) is 10.8. The summed E-state index contributed by atoms with van der Waals surface area (Å²) in [6.07, 6.45) is 12.5. The summed E-state index contributed by atoms with van der Waals surface area (Å²) in [6, 6.07) is 16.4. The van der Waals surface area contributed by atoms with Gasteiger partial charge in [0.25, 0.3) is 0 Å². The highest BCUT2D eigenvalue weighted by Gasteiger charge is 2.45. The monoisotopic (exact) mass is 284 g/mol. The molecule has 1 nitrogen and oxygen atoms in total. The summed E-state index contributed by atoms with van der Waals surface area (Å²) in [7, 11) is 0. The van der Waals surface area contributed by atoms with Crippen molar-refractivity contribution in [1.82, 2.24) is 0 Å². The van der Waals surface area contributed by atoms with Crippen LogP contribution < -0.4 is 0 Å². The zero-order valence-corrected chi connectivity index (χ0v) is 12.2. The zero-order chi connectivity index (χ0) is 15.2. The normalized spacial score (nSPS) is 19.0. The maximum Gasteiger partial charge on any atom is 0.157 e. The van der Waals surface area contributed by atoms with Gasteiger partial charge in [-0.2, -0.15) is 0 Å². The van der Waals surface area contributed by atoms with Crippen molar-refractivity contribution in [1.29, 1.82) is 0 Å². The van der Waals surface area contributed by atoms with E-state index in [0.717, 1.165) is 16.7 Å². The van der Waals surface area contributed by atoms with Gasteiger partial charge in [-0.1, -0.05) is 60.5 Å². The van der Waals surface area contributed by atoms with E-state index in [2.05, 4.69) is 30.2 Å². The maximum atomic E-state index is 11.4. The predicted octanol–water partition coefficient (Wildman–Crippen LogP) is 3.90. The predicted molar refractivity (Wildman–Crippen MR) is 88.8 cm³/mol. The first kappa shape index (κ1) is 13.4. The molecule has 0 amide bonds. The minimum Gasteiger partial charge on any atom is -0.373 e. The van der Waals surface area contributed by atoms with Gasteiger partial charge in [0.15, 0.2) is 5.60 Å². The van der Waals surface area contributed by atoms with E-state index in [-0.39, 0.29) is 5.92 Å². The quantitative estimate of drug-likeness (QED) is 0.829. The molecule has 106 valence electrons. The van der Waals surface area contributed by atoms with E-state index in [4.69, 9.17) is 6.42 Å². The van der Waals surface area contributed by atoms with Gasteiger partial charge in [-0.25, -0.2) is 0 Å². The van der Waals surface area contributed by atoms with Crippen LogP contribution in [0.1, 0.15) is 23.5 Å². The molecule has 0 saturated carbocycles. The number of fused-ring (bicyclic) bond motifs is 3. The van der Waals surface area contributed by atoms with Crippen molar-refractivity contribution in [2.75, 3.05) is 0 Å². The molecule has 22 heavy (non-hydrogen) atoms. The Morgan fingerprint density at radius 1 is 1.00 bits per heavy atom. The molecule has 1 unspecified atom stereocenters. The fourth-order valence-electron chi connectivity index (χ4n) is 3.70. The van der Waals surface area contributed by atoms with E-state index in [1.807, 2.05) is 43.2 Å². The Balaban J connectivity index is 1.97. The van der Waals surface area contributed by atoms with Gasteiger partial charge in [0, 0.05) is 0 Å². The topological polar surface area (TPSA) is 20.2 Å². The van der Waals surface area contributed by atoms with Crippen LogP contribution in [0.25, 0.3) is 11.1 Å². The third-order valence-electron chi connectivity index (χ3n) is 4.73. The highest BCUT2D eigenvalue weighted by Crippen LogP contribution is 2.52. The smallest absolute Gasteiger partial charge is 0.157 e. The van der Waals surface area contributed by atoms with E-state index >= 15 is 0 Å². The largest absolute Gasteiger partial charge is 0.373 e. The number of allylic oxidation sites excluding steroid dienone is 1. The van der Waals surface area contributed by atoms with Crippen molar-refractivity contribution in [2.45, 2.75) is 17.9 Å². The molecule has 1 atom stereocenters. The fourth-order valence-corrected chi connectivity index (χ4v) is 3.70. The average Bonchev–Trinajstić information content (AvgIpc) is 3.21. The summed E-state index contributed by atoms with van der Waals surface area (Å²) in [5, 5.41) is 11.4. The van der Waals surface area contributed by atoms with E-state index in [0.29, 0.717) is 6.42 Å². The zero-order valence-electron chi connectivity index (χ0n) is 12.2. The number of terminal acetylenes is 1. The summed E-state index contributed by atoms with van der Waals surface area (Å²) >= 11 is 0. The van der Waals surface area contributed by atoms with Crippen LogP contribution in [0.3, 0.4) is 0 Å². The van der Waals surface area contributed by atoms with Crippen LogP contribution in [-0.2, 0) is 0 Å². The third kappa shape index (κ3) is 1.71. The lowest BCUT2D eigenvalue weighted by atomic mass is 9.76. The summed E-state index contributed by atoms with van der Waals surface area (Å²) in [4.78, 5) is 0. The Hall–Kier alpha value is -2.30. The third-order valence-corrected chi connectivity index (χ3v) is 4.73. The number of aliphatic hydroxyl groups is 1. The van der Waals surface area contributed by atoms with Crippen molar-refractivity contribution in [2.24, 2.45) is 0 Å². The van der Waals surface area contributed by atoms with E-state index in [1.165, 1.54) is 11.1 Å². The summed E-state index contributed by atoms with van der Waals surface area (Å²) in [5.74, 6) is 2.48. The lowest BCUT2D eigenvalue weighted by Crippen LogP contribution is -2.36. The average molecular weight is 284 g/mol. The first-order valence-electron chi connectivity index (χ1n) is 7.50. The molecule has 0 heterocycles. The standard InChI is InChI=1S/C21H16O/c1-2-21(22,15-9-3-4-10-15)20-18-13-7-5-11-16(18)17-12-6-8-14-19(17)20/h1,3-9,11-14,20,22H,10H2. The maximum absolute atomic E-state index is 11.4. The van der Waals surface area contributed by atoms with Gasteiger partial charge in [-0.05, 0) is 47.1 Å². The minimum atomic E-state index is -1.29. The van der Waals surface area contributed by atoms with Crippen molar-refractivity contribution in [3.8, 4) is 23.5 Å². The Kier molecular flexibility index (Phi) is 2.96. The highest BCUT2D eigenvalue weighted by molar-refractivity contribution is 5.80. The Morgan fingerprint density at radius 2 is 1.59 bits per heavy atom.